The highest BCUT2D eigenvalue weighted by Crippen LogP contribution is 2.06. The summed E-state index contributed by atoms with van der Waals surface area (Å²) in [5.74, 6) is 0.0749. The second-order valence-corrected chi connectivity index (χ2v) is 4.48. The third-order valence-corrected chi connectivity index (χ3v) is 2.63. The zero-order chi connectivity index (χ0) is 13.4. The lowest BCUT2D eigenvalue weighted by molar-refractivity contribution is -0.132. The Morgan fingerprint density at radius 2 is 2.06 bits per heavy atom. The van der Waals surface area contributed by atoms with Gasteiger partial charge in [-0.15, -0.1) is 0 Å². The smallest absolute Gasteiger partial charge is 0.224 e. The lowest BCUT2D eigenvalue weighted by Gasteiger charge is -2.23. The Kier molecular flexibility index (Phi) is 6.39. The van der Waals surface area contributed by atoms with Gasteiger partial charge in [0.05, 0.1) is 6.61 Å². The molecule has 1 aromatic rings. The van der Waals surface area contributed by atoms with E-state index >= 15 is 0 Å². The summed E-state index contributed by atoms with van der Waals surface area (Å²) in [6.07, 6.45) is 0.372. The van der Waals surface area contributed by atoms with Crippen LogP contribution < -0.4 is 5.73 Å². The highest BCUT2D eigenvalue weighted by molar-refractivity contribution is 5.76. The molecule has 1 atom stereocenters. The molecule has 0 aliphatic heterocycles. The molecule has 0 aromatic heterocycles. The number of carbonyl (C=O) groups is 1. The molecule has 0 spiro atoms. The summed E-state index contributed by atoms with van der Waals surface area (Å²) in [5, 5.41) is 0. The quantitative estimate of drug-likeness (QED) is 0.796. The summed E-state index contributed by atoms with van der Waals surface area (Å²) in [6.45, 7) is 3.58. The Balaban J connectivity index is 2.63. The number of rotatable bonds is 7. The van der Waals surface area contributed by atoms with Crippen LogP contribution in [-0.2, 0) is 16.1 Å². The number of nitrogens with zero attached hydrogens (tertiary/aromatic N) is 1. The fourth-order valence-corrected chi connectivity index (χ4v) is 1.70. The molecular weight excluding hydrogens is 228 g/mol. The fraction of sp³-hybridized carbons (Fsp3) is 0.500. The van der Waals surface area contributed by atoms with Gasteiger partial charge in [0.15, 0.2) is 0 Å². The first kappa shape index (κ1) is 14.7. The molecule has 1 unspecified atom stereocenters. The van der Waals surface area contributed by atoms with Gasteiger partial charge >= 0.3 is 0 Å². The molecule has 0 aliphatic carbocycles. The second kappa shape index (κ2) is 7.84. The minimum atomic E-state index is -0.113. The van der Waals surface area contributed by atoms with Crippen LogP contribution in [0.25, 0.3) is 0 Å². The third-order valence-electron chi connectivity index (χ3n) is 2.63. The maximum absolute atomic E-state index is 12.1. The number of nitrogens with two attached hydrogens (primary N) is 1. The van der Waals surface area contributed by atoms with Gasteiger partial charge in [-0.2, -0.15) is 0 Å². The molecule has 0 aliphatic rings. The largest absolute Gasteiger partial charge is 0.383 e. The van der Waals surface area contributed by atoms with Gasteiger partial charge in [-0.3, -0.25) is 4.79 Å². The number of benzene rings is 1. The normalized spacial score (nSPS) is 12.2. The molecule has 4 nitrogen and oxygen atoms in total. The van der Waals surface area contributed by atoms with Crippen LogP contribution in [0.4, 0.5) is 0 Å². The van der Waals surface area contributed by atoms with E-state index in [0.717, 1.165) is 5.56 Å². The topological polar surface area (TPSA) is 55.6 Å². The predicted octanol–water partition coefficient (Wildman–Crippen LogP) is 1.40. The van der Waals surface area contributed by atoms with E-state index in [1.165, 1.54) is 0 Å². The van der Waals surface area contributed by atoms with Crippen LogP contribution in [0.2, 0.25) is 0 Å². The summed E-state index contributed by atoms with van der Waals surface area (Å²) in [6, 6.07) is 9.82. The predicted molar refractivity (Wildman–Crippen MR) is 72.0 cm³/mol. The summed E-state index contributed by atoms with van der Waals surface area (Å²) in [7, 11) is 1.64. The van der Waals surface area contributed by atoms with Gasteiger partial charge in [-0.1, -0.05) is 30.3 Å². The van der Waals surface area contributed by atoms with Crippen LogP contribution in [0.1, 0.15) is 18.9 Å². The Hall–Kier alpha value is -1.39. The molecule has 1 aromatic carbocycles. The summed E-state index contributed by atoms with van der Waals surface area (Å²) < 4.78 is 5.04. The molecular formula is C14H22N2O2. The molecule has 0 saturated heterocycles. The molecule has 0 fully saturated rings. The molecule has 0 heterocycles. The average Bonchev–Trinajstić information content (AvgIpc) is 2.34. The van der Waals surface area contributed by atoms with Crippen molar-refractivity contribution in [2.24, 2.45) is 5.73 Å². The summed E-state index contributed by atoms with van der Waals surface area (Å²) in [4.78, 5) is 13.8. The van der Waals surface area contributed by atoms with E-state index in [4.69, 9.17) is 10.5 Å². The minimum absolute atomic E-state index is 0.0749. The van der Waals surface area contributed by atoms with E-state index in [-0.39, 0.29) is 11.9 Å². The van der Waals surface area contributed by atoms with E-state index < -0.39 is 0 Å². The van der Waals surface area contributed by atoms with Gasteiger partial charge in [-0.05, 0) is 12.5 Å². The highest BCUT2D eigenvalue weighted by Gasteiger charge is 2.15. The van der Waals surface area contributed by atoms with E-state index in [1.807, 2.05) is 37.3 Å². The van der Waals surface area contributed by atoms with Crippen LogP contribution in [0.15, 0.2) is 30.3 Å². The SMILES string of the molecule is COCCN(Cc1ccccc1)C(=O)CC(C)N. The first-order chi connectivity index (χ1) is 8.63. The van der Waals surface area contributed by atoms with Gasteiger partial charge < -0.3 is 15.4 Å². The minimum Gasteiger partial charge on any atom is -0.383 e. The van der Waals surface area contributed by atoms with Crippen molar-refractivity contribution in [1.82, 2.24) is 4.90 Å². The van der Waals surface area contributed by atoms with Crippen molar-refractivity contribution >= 4 is 5.91 Å². The van der Waals surface area contributed by atoms with Gasteiger partial charge in [0.25, 0.3) is 0 Å². The summed E-state index contributed by atoms with van der Waals surface area (Å²) in [5.41, 5.74) is 6.79. The van der Waals surface area contributed by atoms with E-state index in [9.17, 15) is 4.79 Å². The monoisotopic (exact) mass is 250 g/mol. The molecule has 18 heavy (non-hydrogen) atoms. The van der Waals surface area contributed by atoms with Crippen LogP contribution in [0, 0.1) is 0 Å². The average molecular weight is 250 g/mol. The zero-order valence-corrected chi connectivity index (χ0v) is 11.1. The number of methoxy groups -OCH3 is 1. The zero-order valence-electron chi connectivity index (χ0n) is 11.1. The summed E-state index contributed by atoms with van der Waals surface area (Å²) >= 11 is 0. The fourth-order valence-electron chi connectivity index (χ4n) is 1.70. The Bertz CT molecular complexity index is 352. The lowest BCUT2D eigenvalue weighted by atomic mass is 10.2. The van der Waals surface area contributed by atoms with Crippen molar-refractivity contribution in [1.29, 1.82) is 0 Å². The van der Waals surface area contributed by atoms with Crippen molar-refractivity contribution < 1.29 is 9.53 Å². The van der Waals surface area contributed by atoms with Crippen molar-refractivity contribution in [3.63, 3.8) is 0 Å². The molecule has 100 valence electrons. The molecule has 1 rings (SSSR count). The van der Waals surface area contributed by atoms with Crippen molar-refractivity contribution in [3.05, 3.63) is 35.9 Å². The molecule has 2 N–H and O–H groups in total. The standard InChI is InChI=1S/C14H22N2O2/c1-12(15)10-14(17)16(8-9-18-2)11-13-6-4-3-5-7-13/h3-7,12H,8-11,15H2,1-2H3. The van der Waals surface area contributed by atoms with Crippen LogP contribution in [0.5, 0.6) is 0 Å². The molecule has 0 radical (unpaired) electrons. The van der Waals surface area contributed by atoms with E-state index in [2.05, 4.69) is 0 Å². The number of ether oxygens (including phenoxy) is 1. The molecule has 0 saturated carbocycles. The van der Waals surface area contributed by atoms with E-state index in [0.29, 0.717) is 26.1 Å². The number of hydrogen-bond acceptors (Lipinski definition) is 3. The molecule has 0 bridgehead atoms. The van der Waals surface area contributed by atoms with Crippen LogP contribution in [-0.4, -0.2) is 37.1 Å². The Labute approximate surface area is 109 Å². The number of hydrogen-bond donors (Lipinski definition) is 1. The first-order valence-electron chi connectivity index (χ1n) is 6.19. The van der Waals surface area contributed by atoms with Crippen LogP contribution >= 0.6 is 0 Å². The Morgan fingerprint density at radius 1 is 1.39 bits per heavy atom. The first-order valence-corrected chi connectivity index (χ1v) is 6.19. The van der Waals surface area contributed by atoms with Crippen molar-refractivity contribution in [3.8, 4) is 0 Å². The third kappa shape index (κ3) is 5.29. The lowest BCUT2D eigenvalue weighted by Crippen LogP contribution is -2.36. The Morgan fingerprint density at radius 3 is 2.61 bits per heavy atom. The van der Waals surface area contributed by atoms with Crippen LogP contribution in [0.3, 0.4) is 0 Å². The van der Waals surface area contributed by atoms with Gasteiger partial charge in [-0.25, -0.2) is 0 Å². The number of carbonyl (C=O) groups excluding carboxylic acids is 1. The van der Waals surface area contributed by atoms with Gasteiger partial charge in [0.2, 0.25) is 5.91 Å². The number of amides is 1. The maximum Gasteiger partial charge on any atom is 0.224 e. The van der Waals surface area contributed by atoms with Crippen molar-refractivity contribution in [2.45, 2.75) is 25.9 Å². The van der Waals surface area contributed by atoms with Gasteiger partial charge in [0.1, 0.15) is 0 Å². The van der Waals surface area contributed by atoms with Gasteiger partial charge in [0, 0.05) is 32.7 Å². The van der Waals surface area contributed by atoms with E-state index in [1.54, 1.807) is 12.0 Å². The molecule has 1 amide bonds. The molecule has 4 heteroatoms. The maximum atomic E-state index is 12.1. The second-order valence-electron chi connectivity index (χ2n) is 4.48. The van der Waals surface area contributed by atoms with Crippen molar-refractivity contribution in [2.75, 3.05) is 20.3 Å². The highest BCUT2D eigenvalue weighted by atomic mass is 16.5.